The summed E-state index contributed by atoms with van der Waals surface area (Å²) in [6.07, 6.45) is -0.937. The number of guanidine groups is 1. The van der Waals surface area contributed by atoms with Crippen LogP contribution < -0.4 is 33.2 Å². The van der Waals surface area contributed by atoms with Crippen molar-refractivity contribution < 1.29 is 29.4 Å². The fourth-order valence-electron chi connectivity index (χ4n) is 3.32. The molecule has 0 bridgehead atoms. The Morgan fingerprint density at radius 3 is 2.00 bits per heavy atom. The van der Waals surface area contributed by atoms with Crippen LogP contribution in [0.1, 0.15) is 39.2 Å². The molecule has 13 heteroatoms. The lowest BCUT2D eigenvalue weighted by Crippen LogP contribution is -2.59. The van der Waals surface area contributed by atoms with Gasteiger partial charge in [0.25, 0.3) is 0 Å². The minimum Gasteiger partial charge on any atom is -0.480 e. The lowest BCUT2D eigenvalue weighted by Gasteiger charge is -2.26. The molecule has 0 fully saturated rings. The first-order valence-electron chi connectivity index (χ1n) is 12.0. The molecule has 1 rings (SSSR count). The third-order valence-electron chi connectivity index (χ3n) is 5.56. The molecule has 1 aromatic rings. The number of aliphatic hydroxyl groups excluding tert-OH is 1. The summed E-state index contributed by atoms with van der Waals surface area (Å²) >= 11 is 0. The molecule has 206 valence electrons. The summed E-state index contributed by atoms with van der Waals surface area (Å²) in [7, 11) is 0. The number of aliphatic carboxylic acids is 1. The molecule has 0 aromatic heterocycles. The summed E-state index contributed by atoms with van der Waals surface area (Å²) in [6, 6.07) is 4.24. The zero-order valence-electron chi connectivity index (χ0n) is 21.4. The number of carboxylic acid groups (broad SMARTS) is 1. The molecule has 5 unspecified atom stereocenters. The van der Waals surface area contributed by atoms with E-state index in [1.165, 1.54) is 6.92 Å². The number of carbonyl (C=O) groups is 4. The number of carbonyl (C=O) groups excluding carboxylic acids is 3. The molecule has 0 aliphatic heterocycles. The Morgan fingerprint density at radius 1 is 0.919 bits per heavy atom. The molecule has 0 radical (unpaired) electrons. The van der Waals surface area contributed by atoms with Crippen LogP contribution in [-0.4, -0.2) is 76.7 Å². The largest absolute Gasteiger partial charge is 0.480 e. The molecule has 37 heavy (non-hydrogen) atoms. The summed E-state index contributed by atoms with van der Waals surface area (Å²) in [4.78, 5) is 54.2. The first kappa shape index (κ1) is 31.3. The Labute approximate surface area is 216 Å². The highest BCUT2D eigenvalue weighted by Crippen LogP contribution is 2.08. The van der Waals surface area contributed by atoms with Gasteiger partial charge in [-0.2, -0.15) is 0 Å². The van der Waals surface area contributed by atoms with Crippen molar-refractivity contribution in [2.45, 2.75) is 70.3 Å². The van der Waals surface area contributed by atoms with Crippen LogP contribution in [0.15, 0.2) is 35.3 Å². The van der Waals surface area contributed by atoms with E-state index < -0.39 is 54.0 Å². The van der Waals surface area contributed by atoms with Crippen LogP contribution in [0.5, 0.6) is 0 Å². The van der Waals surface area contributed by atoms with Gasteiger partial charge in [-0.25, -0.2) is 4.79 Å². The number of benzene rings is 1. The molecule has 1 aromatic carbocycles. The van der Waals surface area contributed by atoms with Gasteiger partial charge in [-0.3, -0.25) is 19.4 Å². The monoisotopic (exact) mass is 521 g/mol. The van der Waals surface area contributed by atoms with Crippen LogP contribution in [0.3, 0.4) is 0 Å². The van der Waals surface area contributed by atoms with E-state index in [0.29, 0.717) is 0 Å². The van der Waals surface area contributed by atoms with E-state index in [1.807, 2.05) is 6.07 Å². The maximum absolute atomic E-state index is 13.3. The number of nitrogens with one attached hydrogen (secondary N) is 3. The second-order valence-electron chi connectivity index (χ2n) is 9.10. The molecule has 5 atom stereocenters. The van der Waals surface area contributed by atoms with Gasteiger partial charge in [0.15, 0.2) is 12.0 Å². The Hall–Kier alpha value is -3.71. The molecular formula is C24H39N7O6. The van der Waals surface area contributed by atoms with Crippen LogP contribution in [0.2, 0.25) is 0 Å². The first-order chi connectivity index (χ1) is 17.3. The van der Waals surface area contributed by atoms with Gasteiger partial charge in [0.05, 0.1) is 12.1 Å². The average molecular weight is 522 g/mol. The molecule has 0 saturated carbocycles. The zero-order chi connectivity index (χ0) is 28.1. The number of nitrogens with zero attached hydrogens (tertiary/aromatic N) is 1. The first-order valence-corrected chi connectivity index (χ1v) is 12.0. The van der Waals surface area contributed by atoms with Crippen molar-refractivity contribution in [1.82, 2.24) is 16.0 Å². The van der Waals surface area contributed by atoms with Crippen LogP contribution in [0.4, 0.5) is 0 Å². The smallest absolute Gasteiger partial charge is 0.328 e. The van der Waals surface area contributed by atoms with Gasteiger partial charge in [-0.05, 0) is 31.2 Å². The average Bonchev–Trinajstić information content (AvgIpc) is 2.82. The number of hydrogen-bond donors (Lipinski definition) is 8. The lowest BCUT2D eigenvalue weighted by atomic mass is 10.0. The Morgan fingerprint density at radius 2 is 1.49 bits per heavy atom. The maximum Gasteiger partial charge on any atom is 0.328 e. The molecule has 0 saturated heterocycles. The number of nitrogens with two attached hydrogens (primary N) is 3. The normalized spacial score (nSPS) is 15.0. The molecular weight excluding hydrogens is 482 g/mol. The third-order valence-corrected chi connectivity index (χ3v) is 5.56. The minimum absolute atomic E-state index is 0.0536. The highest BCUT2D eigenvalue weighted by Gasteiger charge is 2.32. The standard InChI is InChI=1S/C24H39N7O6/c1-13(2)18(25)22(35)30-17(12-15-8-5-4-6-9-15)21(34)29-16(10-7-11-28-24(26)27)20(33)31-19(14(3)32)23(36)37/h4-6,8-9,13-14,16-19,32H,7,10-12,25H2,1-3H3,(H,29,34)(H,30,35)(H,31,33)(H,36,37)(H4,26,27,28). The van der Waals surface area contributed by atoms with Crippen molar-refractivity contribution in [3.63, 3.8) is 0 Å². The number of aliphatic imine (C=N–C) groups is 1. The van der Waals surface area contributed by atoms with E-state index in [-0.39, 0.29) is 37.7 Å². The van der Waals surface area contributed by atoms with Gasteiger partial charge in [0, 0.05) is 13.0 Å². The second kappa shape index (κ2) is 15.4. The van der Waals surface area contributed by atoms with Crippen molar-refractivity contribution in [3.8, 4) is 0 Å². The maximum atomic E-state index is 13.3. The number of rotatable bonds is 15. The predicted octanol–water partition coefficient (Wildman–Crippen LogP) is -1.81. The summed E-state index contributed by atoms with van der Waals surface area (Å²) in [5.41, 5.74) is 17.4. The quantitative estimate of drug-likeness (QED) is 0.0736. The zero-order valence-corrected chi connectivity index (χ0v) is 21.4. The lowest BCUT2D eigenvalue weighted by molar-refractivity contribution is -0.145. The highest BCUT2D eigenvalue weighted by atomic mass is 16.4. The summed E-state index contributed by atoms with van der Waals surface area (Å²) in [5.74, 6) is -3.78. The van der Waals surface area contributed by atoms with Crippen molar-refractivity contribution in [2.75, 3.05) is 6.54 Å². The predicted molar refractivity (Wildman–Crippen MR) is 138 cm³/mol. The van der Waals surface area contributed by atoms with E-state index in [9.17, 15) is 29.4 Å². The van der Waals surface area contributed by atoms with Crippen molar-refractivity contribution >= 4 is 29.7 Å². The molecule has 0 heterocycles. The SMILES string of the molecule is CC(C)C(N)C(=O)NC(Cc1ccccc1)C(=O)NC(CCCN=C(N)N)C(=O)NC(C(=O)O)C(C)O. The van der Waals surface area contributed by atoms with E-state index in [4.69, 9.17) is 17.2 Å². The molecule has 3 amide bonds. The van der Waals surface area contributed by atoms with Crippen molar-refractivity contribution in [3.05, 3.63) is 35.9 Å². The highest BCUT2D eigenvalue weighted by molar-refractivity contribution is 5.94. The fourth-order valence-corrected chi connectivity index (χ4v) is 3.32. The van der Waals surface area contributed by atoms with Gasteiger partial charge in [0.2, 0.25) is 17.7 Å². The van der Waals surface area contributed by atoms with Gasteiger partial charge < -0.3 is 43.4 Å². The summed E-state index contributed by atoms with van der Waals surface area (Å²) in [6.45, 7) is 4.92. The number of amides is 3. The molecule has 0 aliphatic carbocycles. The van der Waals surface area contributed by atoms with E-state index >= 15 is 0 Å². The number of aliphatic hydroxyl groups is 1. The van der Waals surface area contributed by atoms with E-state index in [1.54, 1.807) is 38.1 Å². The van der Waals surface area contributed by atoms with Crippen LogP contribution in [-0.2, 0) is 25.6 Å². The van der Waals surface area contributed by atoms with Crippen molar-refractivity contribution in [2.24, 2.45) is 28.1 Å². The Bertz CT molecular complexity index is 935. The second-order valence-corrected chi connectivity index (χ2v) is 9.10. The molecule has 0 spiro atoms. The summed E-state index contributed by atoms with van der Waals surface area (Å²) < 4.78 is 0. The van der Waals surface area contributed by atoms with E-state index in [0.717, 1.165) is 5.56 Å². The molecule has 11 N–H and O–H groups in total. The topological polar surface area (TPSA) is 235 Å². The fraction of sp³-hybridized carbons (Fsp3) is 0.542. The molecule has 0 aliphatic rings. The van der Waals surface area contributed by atoms with E-state index in [2.05, 4.69) is 20.9 Å². The Balaban J connectivity index is 3.15. The van der Waals surface area contributed by atoms with Crippen LogP contribution in [0, 0.1) is 5.92 Å². The third kappa shape index (κ3) is 11.3. The minimum atomic E-state index is -1.59. The van der Waals surface area contributed by atoms with Crippen LogP contribution >= 0.6 is 0 Å². The summed E-state index contributed by atoms with van der Waals surface area (Å²) in [5, 5.41) is 26.5. The number of hydrogen-bond acceptors (Lipinski definition) is 7. The number of carboxylic acids is 1. The van der Waals surface area contributed by atoms with Gasteiger partial charge in [0.1, 0.15) is 12.1 Å². The van der Waals surface area contributed by atoms with Gasteiger partial charge >= 0.3 is 5.97 Å². The van der Waals surface area contributed by atoms with Gasteiger partial charge in [-0.15, -0.1) is 0 Å². The van der Waals surface area contributed by atoms with Crippen LogP contribution in [0.25, 0.3) is 0 Å². The van der Waals surface area contributed by atoms with Crippen molar-refractivity contribution in [1.29, 1.82) is 0 Å². The van der Waals surface area contributed by atoms with Gasteiger partial charge in [-0.1, -0.05) is 44.2 Å². The molecule has 13 nitrogen and oxygen atoms in total. The Kier molecular flexibility index (Phi) is 13.0.